The summed E-state index contributed by atoms with van der Waals surface area (Å²) in [7, 11) is 0. The van der Waals surface area contributed by atoms with E-state index in [1.54, 1.807) is 0 Å². The number of rotatable bonds is 7. The van der Waals surface area contributed by atoms with Gasteiger partial charge < -0.3 is 14.8 Å². The van der Waals surface area contributed by atoms with Crippen molar-refractivity contribution >= 4 is 17.2 Å². The van der Waals surface area contributed by atoms with Crippen molar-refractivity contribution in [3.8, 4) is 5.75 Å². The van der Waals surface area contributed by atoms with Crippen LogP contribution < -0.4 is 10.1 Å². The Morgan fingerprint density at radius 1 is 1.27 bits per heavy atom. The van der Waals surface area contributed by atoms with Gasteiger partial charge in [0.1, 0.15) is 10.7 Å². The van der Waals surface area contributed by atoms with E-state index in [1.165, 1.54) is 0 Å². The monoisotopic (exact) mass is 322 g/mol. The van der Waals surface area contributed by atoms with E-state index in [0.29, 0.717) is 5.92 Å². The molecular formula is C17H26N2O2S. The summed E-state index contributed by atoms with van der Waals surface area (Å²) in [6.45, 7) is 10.6. The van der Waals surface area contributed by atoms with E-state index in [-0.39, 0.29) is 0 Å². The zero-order valence-corrected chi connectivity index (χ0v) is 14.3. The van der Waals surface area contributed by atoms with Gasteiger partial charge in [0.15, 0.2) is 0 Å². The molecule has 0 amide bonds. The molecule has 1 fully saturated rings. The first kappa shape index (κ1) is 17.2. The van der Waals surface area contributed by atoms with Crippen molar-refractivity contribution in [3.63, 3.8) is 0 Å². The van der Waals surface area contributed by atoms with Crippen LogP contribution >= 0.6 is 12.2 Å². The lowest BCUT2D eigenvalue weighted by Gasteiger charge is -2.26. The third-order valence-corrected chi connectivity index (χ3v) is 3.90. The van der Waals surface area contributed by atoms with E-state index in [0.717, 1.165) is 62.3 Å². The molecule has 0 unspecified atom stereocenters. The Bertz CT molecular complexity index is 456. The highest BCUT2D eigenvalue weighted by Crippen LogP contribution is 2.13. The van der Waals surface area contributed by atoms with E-state index >= 15 is 0 Å². The number of nitrogens with zero attached hydrogens (tertiary/aromatic N) is 1. The maximum Gasteiger partial charge on any atom is 0.119 e. The Hall–Kier alpha value is -1.17. The van der Waals surface area contributed by atoms with E-state index in [9.17, 15) is 0 Å². The Kier molecular flexibility index (Phi) is 7.09. The van der Waals surface area contributed by atoms with Crippen LogP contribution in [0.25, 0.3) is 0 Å². The predicted molar refractivity (Wildman–Crippen MR) is 93.7 cm³/mol. The van der Waals surface area contributed by atoms with Crippen molar-refractivity contribution < 1.29 is 9.47 Å². The summed E-state index contributed by atoms with van der Waals surface area (Å²) in [4.78, 5) is 3.19. The fraction of sp³-hybridized carbons (Fsp3) is 0.588. The summed E-state index contributed by atoms with van der Waals surface area (Å²) < 4.78 is 11.0. The highest BCUT2D eigenvalue weighted by molar-refractivity contribution is 7.80. The fourth-order valence-corrected chi connectivity index (χ4v) is 2.46. The normalized spacial score (nSPS) is 15.8. The Labute approximate surface area is 138 Å². The Morgan fingerprint density at radius 2 is 1.95 bits per heavy atom. The minimum Gasteiger partial charge on any atom is -0.493 e. The SMILES string of the molecule is CC(C)COc1ccc(C(=S)NCCN2CCOCC2)cc1. The molecule has 0 aliphatic carbocycles. The van der Waals surface area contributed by atoms with Gasteiger partial charge in [-0.15, -0.1) is 0 Å². The molecular weight excluding hydrogens is 296 g/mol. The first-order valence-corrected chi connectivity index (χ1v) is 8.37. The van der Waals surface area contributed by atoms with E-state index in [1.807, 2.05) is 24.3 Å². The highest BCUT2D eigenvalue weighted by Gasteiger charge is 2.09. The van der Waals surface area contributed by atoms with E-state index in [2.05, 4.69) is 24.1 Å². The average molecular weight is 322 g/mol. The standard InChI is InChI=1S/C17H26N2O2S/c1-14(2)13-21-16-5-3-15(4-6-16)17(22)18-7-8-19-9-11-20-12-10-19/h3-6,14H,7-13H2,1-2H3,(H,18,22). The molecule has 5 heteroatoms. The molecule has 1 aromatic carbocycles. The molecule has 0 spiro atoms. The van der Waals surface area contributed by atoms with Gasteiger partial charge in [-0.2, -0.15) is 0 Å². The number of thiocarbonyl (C=S) groups is 1. The second-order valence-electron chi connectivity index (χ2n) is 5.94. The molecule has 4 nitrogen and oxygen atoms in total. The van der Waals surface area contributed by atoms with Crippen LogP contribution in [0, 0.1) is 5.92 Å². The van der Waals surface area contributed by atoms with Crippen LogP contribution in [0.1, 0.15) is 19.4 Å². The number of morpholine rings is 1. The van der Waals surface area contributed by atoms with Crippen LogP contribution in [0.15, 0.2) is 24.3 Å². The molecule has 1 aliphatic heterocycles. The zero-order valence-electron chi connectivity index (χ0n) is 13.5. The molecule has 22 heavy (non-hydrogen) atoms. The van der Waals surface area contributed by atoms with Gasteiger partial charge in [0.25, 0.3) is 0 Å². The lowest BCUT2D eigenvalue weighted by molar-refractivity contribution is 0.0389. The van der Waals surface area contributed by atoms with Crippen molar-refractivity contribution in [2.45, 2.75) is 13.8 Å². The van der Waals surface area contributed by atoms with Crippen LogP contribution in [-0.4, -0.2) is 55.9 Å². The van der Waals surface area contributed by atoms with E-state index in [4.69, 9.17) is 21.7 Å². The quantitative estimate of drug-likeness (QED) is 0.779. The summed E-state index contributed by atoms with van der Waals surface area (Å²) in [5, 5.41) is 3.32. The molecule has 0 aromatic heterocycles. The van der Waals surface area contributed by atoms with Gasteiger partial charge in [-0.05, 0) is 30.2 Å². The Balaban J connectivity index is 1.72. The van der Waals surface area contributed by atoms with Gasteiger partial charge in [-0.1, -0.05) is 26.1 Å². The van der Waals surface area contributed by atoms with Gasteiger partial charge >= 0.3 is 0 Å². The van der Waals surface area contributed by atoms with Crippen LogP contribution in [0.3, 0.4) is 0 Å². The first-order chi connectivity index (χ1) is 10.6. The number of ether oxygens (including phenoxy) is 2. The second kappa shape index (κ2) is 9.08. The average Bonchev–Trinajstić information content (AvgIpc) is 2.54. The molecule has 1 heterocycles. The predicted octanol–water partition coefficient (Wildman–Crippen LogP) is 2.32. The van der Waals surface area contributed by atoms with Gasteiger partial charge in [-0.25, -0.2) is 0 Å². The summed E-state index contributed by atoms with van der Waals surface area (Å²) in [5.74, 6) is 1.43. The highest BCUT2D eigenvalue weighted by atomic mass is 32.1. The maximum absolute atomic E-state index is 5.68. The Morgan fingerprint density at radius 3 is 2.59 bits per heavy atom. The molecule has 0 atom stereocenters. The fourth-order valence-electron chi connectivity index (χ4n) is 2.22. The molecule has 0 bridgehead atoms. The van der Waals surface area contributed by atoms with Crippen molar-refractivity contribution in [2.75, 3.05) is 46.0 Å². The van der Waals surface area contributed by atoms with Gasteiger partial charge in [0.05, 0.1) is 19.8 Å². The molecule has 1 aromatic rings. The van der Waals surface area contributed by atoms with Crippen LogP contribution in [-0.2, 0) is 4.74 Å². The lowest BCUT2D eigenvalue weighted by atomic mass is 10.2. The molecule has 1 saturated heterocycles. The number of hydrogen-bond donors (Lipinski definition) is 1. The summed E-state index contributed by atoms with van der Waals surface area (Å²) in [5.41, 5.74) is 1.04. The molecule has 0 radical (unpaired) electrons. The summed E-state index contributed by atoms with van der Waals surface area (Å²) in [6, 6.07) is 7.99. The number of benzene rings is 1. The molecule has 1 N–H and O–H groups in total. The lowest BCUT2D eigenvalue weighted by Crippen LogP contribution is -2.41. The van der Waals surface area contributed by atoms with Gasteiger partial charge in [0, 0.05) is 31.7 Å². The number of nitrogens with one attached hydrogen (secondary N) is 1. The summed E-state index contributed by atoms with van der Waals surface area (Å²) >= 11 is 5.44. The topological polar surface area (TPSA) is 33.7 Å². The van der Waals surface area contributed by atoms with Crippen molar-refractivity contribution in [1.29, 1.82) is 0 Å². The van der Waals surface area contributed by atoms with Gasteiger partial charge in [-0.3, -0.25) is 4.90 Å². The molecule has 122 valence electrons. The molecule has 0 saturated carbocycles. The molecule has 2 rings (SSSR count). The minimum absolute atomic E-state index is 0.530. The van der Waals surface area contributed by atoms with Crippen molar-refractivity contribution in [2.24, 2.45) is 5.92 Å². The van der Waals surface area contributed by atoms with Crippen molar-refractivity contribution in [3.05, 3.63) is 29.8 Å². The second-order valence-corrected chi connectivity index (χ2v) is 6.35. The largest absolute Gasteiger partial charge is 0.493 e. The van der Waals surface area contributed by atoms with Crippen LogP contribution in [0.2, 0.25) is 0 Å². The first-order valence-electron chi connectivity index (χ1n) is 7.96. The molecule has 1 aliphatic rings. The van der Waals surface area contributed by atoms with Gasteiger partial charge in [0.2, 0.25) is 0 Å². The maximum atomic E-state index is 5.68. The zero-order chi connectivity index (χ0) is 15.8. The summed E-state index contributed by atoms with van der Waals surface area (Å²) in [6.07, 6.45) is 0. The third kappa shape index (κ3) is 5.91. The smallest absolute Gasteiger partial charge is 0.119 e. The van der Waals surface area contributed by atoms with Crippen LogP contribution in [0.4, 0.5) is 0 Å². The van der Waals surface area contributed by atoms with Crippen LogP contribution in [0.5, 0.6) is 5.75 Å². The third-order valence-electron chi connectivity index (χ3n) is 3.52. The van der Waals surface area contributed by atoms with E-state index < -0.39 is 0 Å². The minimum atomic E-state index is 0.530. The number of hydrogen-bond acceptors (Lipinski definition) is 4. The van der Waals surface area contributed by atoms with Crippen molar-refractivity contribution in [1.82, 2.24) is 10.2 Å².